The number of hydrogen-bond donors (Lipinski definition) is 2. The molecule has 3 heteroatoms. The molecule has 0 aliphatic heterocycles. The maximum atomic E-state index is 5.37. The normalized spacial score (nSPS) is 10.4. The molecule has 0 atom stereocenters. The van der Waals surface area contributed by atoms with Crippen LogP contribution < -0.4 is 11.1 Å². The summed E-state index contributed by atoms with van der Waals surface area (Å²) in [4.78, 5) is 4.40. The zero-order valence-electron chi connectivity index (χ0n) is 8.30. The molecule has 13 heavy (non-hydrogen) atoms. The van der Waals surface area contributed by atoms with E-state index < -0.39 is 0 Å². The van der Waals surface area contributed by atoms with Gasteiger partial charge in [-0.1, -0.05) is 0 Å². The second kappa shape index (κ2) is 4.94. The Balaban J connectivity index is 2.56. The minimum Gasteiger partial charge on any atom is -0.329 e. The summed E-state index contributed by atoms with van der Waals surface area (Å²) in [7, 11) is 0. The SMILES string of the molecule is Cc1cc(C)nc(CNCCN)c1. The highest BCUT2D eigenvalue weighted by Gasteiger charge is 1.96. The highest BCUT2D eigenvalue weighted by Crippen LogP contribution is 2.03. The van der Waals surface area contributed by atoms with E-state index in [0.29, 0.717) is 6.54 Å². The summed E-state index contributed by atoms with van der Waals surface area (Å²) < 4.78 is 0. The van der Waals surface area contributed by atoms with Gasteiger partial charge in [0.2, 0.25) is 0 Å². The molecule has 0 radical (unpaired) electrons. The molecular formula is C10H17N3. The zero-order valence-corrected chi connectivity index (χ0v) is 8.30. The molecule has 0 aromatic carbocycles. The van der Waals surface area contributed by atoms with E-state index in [-0.39, 0.29) is 0 Å². The van der Waals surface area contributed by atoms with E-state index >= 15 is 0 Å². The molecule has 0 saturated heterocycles. The van der Waals surface area contributed by atoms with E-state index in [4.69, 9.17) is 5.73 Å². The lowest BCUT2D eigenvalue weighted by atomic mass is 10.2. The molecule has 0 saturated carbocycles. The van der Waals surface area contributed by atoms with Crippen molar-refractivity contribution in [2.24, 2.45) is 5.73 Å². The number of aryl methyl sites for hydroxylation is 2. The molecule has 1 heterocycles. The minimum absolute atomic E-state index is 0.671. The van der Waals surface area contributed by atoms with Gasteiger partial charge in [0.05, 0.1) is 5.69 Å². The molecule has 1 rings (SSSR count). The predicted octanol–water partition coefficient (Wildman–Crippen LogP) is 0.747. The van der Waals surface area contributed by atoms with Crippen molar-refractivity contribution < 1.29 is 0 Å². The van der Waals surface area contributed by atoms with Crippen LogP contribution in [-0.2, 0) is 6.54 Å². The van der Waals surface area contributed by atoms with Crippen LogP contribution in [0.1, 0.15) is 17.0 Å². The smallest absolute Gasteiger partial charge is 0.0547 e. The first-order valence-corrected chi connectivity index (χ1v) is 4.57. The quantitative estimate of drug-likeness (QED) is 0.670. The first kappa shape index (κ1) is 10.2. The molecule has 72 valence electrons. The molecule has 1 aromatic rings. The van der Waals surface area contributed by atoms with Gasteiger partial charge in [-0.15, -0.1) is 0 Å². The Labute approximate surface area is 79.4 Å². The van der Waals surface area contributed by atoms with Gasteiger partial charge in [0.1, 0.15) is 0 Å². The van der Waals surface area contributed by atoms with Crippen molar-refractivity contribution in [1.29, 1.82) is 0 Å². The lowest BCUT2D eigenvalue weighted by Gasteiger charge is -2.04. The fraction of sp³-hybridized carbons (Fsp3) is 0.500. The van der Waals surface area contributed by atoms with E-state index in [2.05, 4.69) is 29.4 Å². The average Bonchev–Trinajstić information content (AvgIpc) is 2.03. The molecule has 0 unspecified atom stereocenters. The summed E-state index contributed by atoms with van der Waals surface area (Å²) in [5.74, 6) is 0. The van der Waals surface area contributed by atoms with Crippen molar-refractivity contribution in [3.63, 3.8) is 0 Å². The number of hydrogen-bond acceptors (Lipinski definition) is 3. The molecule has 0 spiro atoms. The van der Waals surface area contributed by atoms with Crippen LogP contribution in [0.3, 0.4) is 0 Å². The molecule has 0 fully saturated rings. The average molecular weight is 179 g/mol. The first-order chi connectivity index (χ1) is 6.22. The molecule has 0 amide bonds. The Morgan fingerprint density at radius 3 is 2.77 bits per heavy atom. The Hall–Kier alpha value is -0.930. The lowest BCUT2D eigenvalue weighted by molar-refractivity contribution is 0.680. The predicted molar refractivity (Wildman–Crippen MR) is 54.5 cm³/mol. The molecule has 0 aliphatic carbocycles. The van der Waals surface area contributed by atoms with Gasteiger partial charge in [-0.2, -0.15) is 0 Å². The van der Waals surface area contributed by atoms with Crippen LogP contribution in [0.25, 0.3) is 0 Å². The zero-order chi connectivity index (χ0) is 9.68. The van der Waals surface area contributed by atoms with Gasteiger partial charge < -0.3 is 11.1 Å². The summed E-state index contributed by atoms with van der Waals surface area (Å²) in [5.41, 5.74) is 8.79. The van der Waals surface area contributed by atoms with Crippen LogP contribution in [0.15, 0.2) is 12.1 Å². The molecule has 3 nitrogen and oxygen atoms in total. The Kier molecular flexibility index (Phi) is 3.86. The Morgan fingerprint density at radius 1 is 1.38 bits per heavy atom. The van der Waals surface area contributed by atoms with E-state index in [9.17, 15) is 0 Å². The Morgan fingerprint density at radius 2 is 2.15 bits per heavy atom. The number of aromatic nitrogens is 1. The largest absolute Gasteiger partial charge is 0.329 e. The second-order valence-corrected chi connectivity index (χ2v) is 3.24. The van der Waals surface area contributed by atoms with E-state index in [0.717, 1.165) is 24.5 Å². The molecule has 1 aromatic heterocycles. The van der Waals surface area contributed by atoms with Crippen LogP contribution in [0.5, 0.6) is 0 Å². The van der Waals surface area contributed by atoms with Crippen molar-refractivity contribution in [2.75, 3.05) is 13.1 Å². The third-order valence-corrected chi connectivity index (χ3v) is 1.78. The first-order valence-electron chi connectivity index (χ1n) is 4.57. The third-order valence-electron chi connectivity index (χ3n) is 1.78. The monoisotopic (exact) mass is 179 g/mol. The van der Waals surface area contributed by atoms with Crippen molar-refractivity contribution in [3.05, 3.63) is 29.1 Å². The maximum Gasteiger partial charge on any atom is 0.0547 e. The number of pyridine rings is 1. The van der Waals surface area contributed by atoms with Gasteiger partial charge in [-0.3, -0.25) is 4.98 Å². The van der Waals surface area contributed by atoms with Crippen molar-refractivity contribution in [1.82, 2.24) is 10.3 Å². The standard InChI is InChI=1S/C10H17N3/c1-8-5-9(2)13-10(6-8)7-12-4-3-11/h5-6,12H,3-4,7,11H2,1-2H3. The third kappa shape index (κ3) is 3.53. The van der Waals surface area contributed by atoms with Gasteiger partial charge in [0.25, 0.3) is 0 Å². The van der Waals surface area contributed by atoms with Crippen LogP contribution in [0.2, 0.25) is 0 Å². The summed E-state index contributed by atoms with van der Waals surface area (Å²) in [6.45, 7) is 6.42. The maximum absolute atomic E-state index is 5.37. The van der Waals surface area contributed by atoms with Crippen molar-refractivity contribution in [3.8, 4) is 0 Å². The van der Waals surface area contributed by atoms with Gasteiger partial charge in [-0.05, 0) is 31.5 Å². The van der Waals surface area contributed by atoms with E-state index in [1.807, 2.05) is 6.92 Å². The summed E-state index contributed by atoms with van der Waals surface area (Å²) in [6.07, 6.45) is 0. The van der Waals surface area contributed by atoms with Gasteiger partial charge in [0, 0.05) is 25.3 Å². The number of nitrogens with zero attached hydrogens (tertiary/aromatic N) is 1. The fourth-order valence-electron chi connectivity index (χ4n) is 1.33. The molecule has 0 aliphatic rings. The molecule has 3 N–H and O–H groups in total. The van der Waals surface area contributed by atoms with Gasteiger partial charge in [-0.25, -0.2) is 0 Å². The highest BCUT2D eigenvalue weighted by molar-refractivity contribution is 5.19. The van der Waals surface area contributed by atoms with Crippen molar-refractivity contribution in [2.45, 2.75) is 20.4 Å². The van der Waals surface area contributed by atoms with Crippen LogP contribution in [-0.4, -0.2) is 18.1 Å². The Bertz CT molecular complexity index is 251. The summed E-state index contributed by atoms with van der Waals surface area (Å²) in [6, 6.07) is 4.17. The van der Waals surface area contributed by atoms with Crippen LogP contribution in [0.4, 0.5) is 0 Å². The minimum atomic E-state index is 0.671. The van der Waals surface area contributed by atoms with Crippen LogP contribution in [0, 0.1) is 13.8 Å². The van der Waals surface area contributed by atoms with E-state index in [1.165, 1.54) is 5.56 Å². The lowest BCUT2D eigenvalue weighted by Crippen LogP contribution is -2.22. The van der Waals surface area contributed by atoms with Gasteiger partial charge in [0.15, 0.2) is 0 Å². The topological polar surface area (TPSA) is 50.9 Å². The van der Waals surface area contributed by atoms with Crippen molar-refractivity contribution >= 4 is 0 Å². The molecule has 0 bridgehead atoms. The summed E-state index contributed by atoms with van der Waals surface area (Å²) in [5, 5.41) is 3.22. The van der Waals surface area contributed by atoms with E-state index in [1.54, 1.807) is 0 Å². The number of nitrogens with two attached hydrogens (primary N) is 1. The second-order valence-electron chi connectivity index (χ2n) is 3.24. The number of nitrogens with one attached hydrogen (secondary N) is 1. The summed E-state index contributed by atoms with van der Waals surface area (Å²) >= 11 is 0. The highest BCUT2D eigenvalue weighted by atomic mass is 14.9. The molecular weight excluding hydrogens is 162 g/mol. The fourth-order valence-corrected chi connectivity index (χ4v) is 1.33. The number of rotatable bonds is 4. The van der Waals surface area contributed by atoms with Crippen LogP contribution >= 0.6 is 0 Å². The van der Waals surface area contributed by atoms with Gasteiger partial charge >= 0.3 is 0 Å².